The Kier molecular flexibility index (Phi) is 4.32. The third kappa shape index (κ3) is 3.40. The summed E-state index contributed by atoms with van der Waals surface area (Å²) < 4.78 is 0. The predicted molar refractivity (Wildman–Crippen MR) is 86.7 cm³/mol. The van der Waals surface area contributed by atoms with Gasteiger partial charge in [0.2, 0.25) is 5.91 Å². The van der Waals surface area contributed by atoms with Crippen molar-refractivity contribution in [2.45, 2.75) is 32.1 Å². The van der Waals surface area contributed by atoms with Gasteiger partial charge in [-0.15, -0.1) is 0 Å². The minimum Gasteiger partial charge on any atom is -0.341 e. The van der Waals surface area contributed by atoms with Gasteiger partial charge in [-0.05, 0) is 61.3 Å². The zero-order chi connectivity index (χ0) is 15.5. The number of carbonyl (C=O) groups excluding carboxylic acids is 2. The number of nitrogens with one attached hydrogen (secondary N) is 3. The van der Waals surface area contributed by atoms with Crippen molar-refractivity contribution in [3.8, 4) is 0 Å². The number of rotatable bonds is 4. The summed E-state index contributed by atoms with van der Waals surface area (Å²) in [6.45, 7) is 0. The number of carbonyl (C=O) groups is 2. The first-order chi connectivity index (χ1) is 10.6. The average molecular weight is 301 g/mol. The lowest BCUT2D eigenvalue weighted by atomic mass is 9.86. The normalized spacial score (nSPS) is 25.8. The van der Waals surface area contributed by atoms with Crippen molar-refractivity contribution in [1.29, 1.82) is 0 Å². The number of amides is 3. The highest BCUT2D eigenvalue weighted by atomic mass is 16.2. The summed E-state index contributed by atoms with van der Waals surface area (Å²) in [6, 6.07) is 6.92. The second-order valence-electron chi connectivity index (χ2n) is 6.47. The molecular formula is C17H23N3O2. The molecule has 2 bridgehead atoms. The fourth-order valence-electron chi connectivity index (χ4n) is 3.91. The van der Waals surface area contributed by atoms with Crippen LogP contribution in [-0.4, -0.2) is 19.0 Å². The molecule has 3 atom stereocenters. The Morgan fingerprint density at radius 3 is 2.27 bits per heavy atom. The third-order valence-corrected chi connectivity index (χ3v) is 4.99. The zero-order valence-electron chi connectivity index (χ0n) is 12.9. The number of urea groups is 1. The maximum atomic E-state index is 12.2. The molecule has 3 rings (SSSR count). The number of anilines is 2. The van der Waals surface area contributed by atoms with Crippen molar-refractivity contribution in [1.82, 2.24) is 5.32 Å². The summed E-state index contributed by atoms with van der Waals surface area (Å²) >= 11 is 0. The standard InChI is InChI=1S/C17H23N3O2/c1-18-17(22)20-15-6-4-14(5-7-15)19-16(21)10-13-9-11-2-3-12(13)8-11/h4-7,11-13H,2-3,8-10H2,1H3,(H,19,21)(H2,18,20,22). The van der Waals surface area contributed by atoms with Gasteiger partial charge in [0.15, 0.2) is 0 Å². The van der Waals surface area contributed by atoms with Crippen LogP contribution in [0.1, 0.15) is 32.1 Å². The number of hydrogen-bond donors (Lipinski definition) is 3. The van der Waals surface area contributed by atoms with E-state index >= 15 is 0 Å². The highest BCUT2D eigenvalue weighted by Crippen LogP contribution is 2.49. The third-order valence-electron chi connectivity index (χ3n) is 4.99. The second kappa shape index (κ2) is 6.38. The first-order valence-corrected chi connectivity index (χ1v) is 8.02. The van der Waals surface area contributed by atoms with Crippen LogP contribution in [-0.2, 0) is 4.79 Å². The summed E-state index contributed by atoms with van der Waals surface area (Å²) in [5.74, 6) is 2.32. The van der Waals surface area contributed by atoms with Gasteiger partial charge in [-0.25, -0.2) is 4.79 Å². The Morgan fingerprint density at radius 1 is 1.05 bits per heavy atom. The topological polar surface area (TPSA) is 70.2 Å². The molecule has 2 aliphatic rings. The molecule has 2 saturated carbocycles. The molecule has 2 fully saturated rings. The Labute approximate surface area is 130 Å². The molecule has 22 heavy (non-hydrogen) atoms. The molecule has 0 spiro atoms. The summed E-state index contributed by atoms with van der Waals surface area (Å²) in [5.41, 5.74) is 1.47. The number of hydrogen-bond acceptors (Lipinski definition) is 2. The lowest BCUT2D eigenvalue weighted by Gasteiger charge is -2.20. The van der Waals surface area contributed by atoms with Gasteiger partial charge in [0.05, 0.1) is 0 Å². The van der Waals surface area contributed by atoms with Crippen molar-refractivity contribution in [3.05, 3.63) is 24.3 Å². The fraction of sp³-hybridized carbons (Fsp3) is 0.529. The molecule has 1 aromatic carbocycles. The highest BCUT2D eigenvalue weighted by Gasteiger charge is 2.40. The molecule has 118 valence electrons. The van der Waals surface area contributed by atoms with Crippen LogP contribution in [0, 0.1) is 17.8 Å². The summed E-state index contributed by atoms with van der Waals surface area (Å²) in [4.78, 5) is 23.4. The molecule has 5 nitrogen and oxygen atoms in total. The molecule has 2 aliphatic carbocycles. The van der Waals surface area contributed by atoms with E-state index in [0.717, 1.165) is 17.5 Å². The maximum Gasteiger partial charge on any atom is 0.318 e. The second-order valence-corrected chi connectivity index (χ2v) is 6.47. The fourth-order valence-corrected chi connectivity index (χ4v) is 3.91. The minimum atomic E-state index is -0.256. The quantitative estimate of drug-likeness (QED) is 0.799. The van der Waals surface area contributed by atoms with Gasteiger partial charge in [0.1, 0.15) is 0 Å². The van der Waals surface area contributed by atoms with Crippen molar-refractivity contribution in [3.63, 3.8) is 0 Å². The highest BCUT2D eigenvalue weighted by molar-refractivity contribution is 5.92. The molecule has 3 N–H and O–H groups in total. The average Bonchev–Trinajstić information content (AvgIpc) is 3.11. The van der Waals surface area contributed by atoms with Crippen molar-refractivity contribution in [2.75, 3.05) is 17.7 Å². The van der Waals surface area contributed by atoms with Gasteiger partial charge in [-0.1, -0.05) is 6.42 Å². The van der Waals surface area contributed by atoms with Crippen molar-refractivity contribution >= 4 is 23.3 Å². The molecule has 5 heteroatoms. The Hall–Kier alpha value is -2.04. The van der Waals surface area contributed by atoms with E-state index in [9.17, 15) is 9.59 Å². The Morgan fingerprint density at radius 2 is 1.73 bits per heavy atom. The zero-order valence-corrected chi connectivity index (χ0v) is 12.9. The van der Waals surface area contributed by atoms with Crippen LogP contribution in [0.5, 0.6) is 0 Å². The monoisotopic (exact) mass is 301 g/mol. The van der Waals surface area contributed by atoms with Gasteiger partial charge < -0.3 is 16.0 Å². The van der Waals surface area contributed by atoms with Crippen LogP contribution in [0.4, 0.5) is 16.2 Å². The molecule has 0 saturated heterocycles. The smallest absolute Gasteiger partial charge is 0.318 e. The summed E-state index contributed by atoms with van der Waals surface area (Å²) in [5, 5.41) is 8.14. The number of fused-ring (bicyclic) bond motifs is 2. The maximum absolute atomic E-state index is 12.2. The van der Waals surface area contributed by atoms with Crippen LogP contribution in [0.3, 0.4) is 0 Å². The molecule has 0 radical (unpaired) electrons. The molecule has 1 aromatic rings. The van der Waals surface area contributed by atoms with Gasteiger partial charge in [-0.3, -0.25) is 4.79 Å². The lowest BCUT2D eigenvalue weighted by molar-refractivity contribution is -0.117. The number of benzene rings is 1. The molecule has 0 heterocycles. The van der Waals surface area contributed by atoms with E-state index in [4.69, 9.17) is 0 Å². The largest absolute Gasteiger partial charge is 0.341 e. The molecule has 3 unspecified atom stereocenters. The van der Waals surface area contributed by atoms with Gasteiger partial charge >= 0.3 is 6.03 Å². The van der Waals surface area contributed by atoms with E-state index in [-0.39, 0.29) is 11.9 Å². The summed E-state index contributed by atoms with van der Waals surface area (Å²) in [6.07, 6.45) is 5.87. The first-order valence-electron chi connectivity index (χ1n) is 8.02. The first kappa shape index (κ1) is 14.9. The van der Waals surface area contributed by atoms with Gasteiger partial charge in [-0.2, -0.15) is 0 Å². The Balaban J connectivity index is 1.50. The minimum absolute atomic E-state index is 0.101. The van der Waals surface area contributed by atoms with Crippen LogP contribution in [0.25, 0.3) is 0 Å². The summed E-state index contributed by atoms with van der Waals surface area (Å²) in [7, 11) is 1.57. The SMILES string of the molecule is CNC(=O)Nc1ccc(NC(=O)CC2CC3CCC2C3)cc1. The Bertz CT molecular complexity index is 556. The van der Waals surface area contributed by atoms with E-state index in [1.54, 1.807) is 19.2 Å². The van der Waals surface area contributed by atoms with Crippen molar-refractivity contribution in [2.24, 2.45) is 17.8 Å². The van der Waals surface area contributed by atoms with Crippen LogP contribution in [0.2, 0.25) is 0 Å². The molecule has 0 aromatic heterocycles. The van der Waals surface area contributed by atoms with Crippen LogP contribution in [0.15, 0.2) is 24.3 Å². The van der Waals surface area contributed by atoms with E-state index in [1.165, 1.54) is 25.7 Å². The van der Waals surface area contributed by atoms with E-state index in [1.807, 2.05) is 12.1 Å². The van der Waals surface area contributed by atoms with Crippen LogP contribution >= 0.6 is 0 Å². The molecular weight excluding hydrogens is 278 g/mol. The van der Waals surface area contributed by atoms with E-state index < -0.39 is 0 Å². The van der Waals surface area contributed by atoms with E-state index in [0.29, 0.717) is 18.0 Å². The van der Waals surface area contributed by atoms with E-state index in [2.05, 4.69) is 16.0 Å². The van der Waals surface area contributed by atoms with Crippen molar-refractivity contribution < 1.29 is 9.59 Å². The van der Waals surface area contributed by atoms with Gasteiger partial charge in [0, 0.05) is 24.8 Å². The molecule has 0 aliphatic heterocycles. The predicted octanol–water partition coefficient (Wildman–Crippen LogP) is 3.20. The van der Waals surface area contributed by atoms with Crippen LogP contribution < -0.4 is 16.0 Å². The lowest BCUT2D eigenvalue weighted by Crippen LogP contribution is -2.24. The van der Waals surface area contributed by atoms with Gasteiger partial charge in [0.25, 0.3) is 0 Å². The molecule has 3 amide bonds.